The van der Waals surface area contributed by atoms with E-state index in [2.05, 4.69) is 9.72 Å². The highest BCUT2D eigenvalue weighted by atomic mass is 32.1. The monoisotopic (exact) mass is 311 g/mol. The molecule has 0 aliphatic rings. The molecule has 1 aromatic carbocycles. The maximum atomic E-state index is 12.2. The molecular formula is C14H11F2NO3S. The lowest BCUT2D eigenvalue weighted by Gasteiger charge is -2.10. The van der Waals surface area contributed by atoms with Gasteiger partial charge in [0, 0.05) is 17.1 Å². The molecule has 4 nitrogen and oxygen atoms in total. The van der Waals surface area contributed by atoms with Crippen LogP contribution in [-0.4, -0.2) is 24.5 Å². The van der Waals surface area contributed by atoms with Gasteiger partial charge in [0.05, 0.1) is 7.11 Å². The number of aromatic nitrogens is 1. The number of carbonyl (C=O) groups excluding carboxylic acids is 1. The van der Waals surface area contributed by atoms with E-state index in [0.717, 1.165) is 0 Å². The molecule has 0 amide bonds. The second kappa shape index (κ2) is 6.94. The maximum Gasteiger partial charge on any atom is 0.387 e. The van der Waals surface area contributed by atoms with E-state index < -0.39 is 6.61 Å². The van der Waals surface area contributed by atoms with E-state index in [4.69, 9.17) is 4.74 Å². The Kier molecular flexibility index (Phi) is 4.99. The molecular weight excluding hydrogens is 300 g/mol. The quantitative estimate of drug-likeness (QED) is 0.603. The molecule has 0 saturated heterocycles. The molecule has 0 aliphatic carbocycles. The van der Waals surface area contributed by atoms with Crippen LogP contribution in [0.1, 0.15) is 15.4 Å². The number of halogens is 2. The van der Waals surface area contributed by atoms with E-state index >= 15 is 0 Å². The molecule has 2 aromatic rings. The molecule has 0 N–H and O–H groups in total. The first-order chi connectivity index (χ1) is 10.1. The molecule has 21 heavy (non-hydrogen) atoms. The SMILES string of the molecule is COc1cc(C(=O)/C=C/c2nccs2)ccc1OC(F)F. The predicted octanol–water partition coefficient (Wildman–Crippen LogP) is 3.65. The molecule has 0 aliphatic heterocycles. The van der Waals surface area contributed by atoms with Gasteiger partial charge in [-0.25, -0.2) is 4.98 Å². The normalized spacial score (nSPS) is 11.0. The third kappa shape index (κ3) is 4.09. The van der Waals surface area contributed by atoms with Crippen molar-refractivity contribution < 1.29 is 23.0 Å². The van der Waals surface area contributed by atoms with Crippen LogP contribution >= 0.6 is 11.3 Å². The van der Waals surface area contributed by atoms with Crippen LogP contribution in [-0.2, 0) is 0 Å². The predicted molar refractivity (Wildman–Crippen MR) is 75.1 cm³/mol. The highest BCUT2D eigenvalue weighted by Crippen LogP contribution is 2.29. The molecule has 0 atom stereocenters. The van der Waals surface area contributed by atoms with Crippen LogP contribution in [0, 0.1) is 0 Å². The van der Waals surface area contributed by atoms with Crippen LogP contribution in [0.5, 0.6) is 11.5 Å². The molecule has 7 heteroatoms. The zero-order valence-electron chi connectivity index (χ0n) is 11.0. The Labute approximate surface area is 123 Å². The summed E-state index contributed by atoms with van der Waals surface area (Å²) in [6.07, 6.45) is 4.58. The Morgan fingerprint density at radius 1 is 1.38 bits per heavy atom. The van der Waals surface area contributed by atoms with Crippen LogP contribution in [0.2, 0.25) is 0 Å². The van der Waals surface area contributed by atoms with Crippen LogP contribution in [0.4, 0.5) is 8.78 Å². The summed E-state index contributed by atoms with van der Waals surface area (Å²) in [4.78, 5) is 16.0. The molecule has 1 aromatic heterocycles. The summed E-state index contributed by atoms with van der Waals surface area (Å²) < 4.78 is 33.7. The van der Waals surface area contributed by atoms with E-state index in [9.17, 15) is 13.6 Å². The average Bonchev–Trinajstić information content (AvgIpc) is 2.98. The van der Waals surface area contributed by atoms with Gasteiger partial charge in [0.25, 0.3) is 0 Å². The van der Waals surface area contributed by atoms with Crippen molar-refractivity contribution in [1.82, 2.24) is 4.98 Å². The number of hydrogen-bond donors (Lipinski definition) is 0. The molecule has 0 fully saturated rings. The number of methoxy groups -OCH3 is 1. The Morgan fingerprint density at radius 2 is 2.19 bits per heavy atom. The van der Waals surface area contributed by atoms with Crippen molar-refractivity contribution in [3.63, 3.8) is 0 Å². The summed E-state index contributed by atoms with van der Waals surface area (Å²) in [5, 5.41) is 2.50. The van der Waals surface area contributed by atoms with Crippen molar-refractivity contribution in [2.24, 2.45) is 0 Å². The molecule has 2 rings (SSSR count). The van der Waals surface area contributed by atoms with E-state index in [1.54, 1.807) is 17.7 Å². The number of nitrogens with zero attached hydrogens (tertiary/aromatic N) is 1. The fourth-order valence-corrected chi connectivity index (χ4v) is 2.10. The summed E-state index contributed by atoms with van der Waals surface area (Å²) >= 11 is 1.40. The van der Waals surface area contributed by atoms with Crippen LogP contribution in [0.25, 0.3) is 6.08 Å². The van der Waals surface area contributed by atoms with Crippen molar-refractivity contribution in [3.8, 4) is 11.5 Å². The topological polar surface area (TPSA) is 48.4 Å². The molecule has 0 spiro atoms. The number of hydrogen-bond acceptors (Lipinski definition) is 5. The number of benzene rings is 1. The van der Waals surface area contributed by atoms with Gasteiger partial charge >= 0.3 is 6.61 Å². The molecule has 110 valence electrons. The largest absolute Gasteiger partial charge is 0.493 e. The Hall–Kier alpha value is -2.28. The number of allylic oxidation sites excluding steroid dienone is 1. The number of alkyl halides is 2. The first kappa shape index (κ1) is 15.1. The molecule has 0 unspecified atom stereocenters. The number of thiazole rings is 1. The fraction of sp³-hybridized carbons (Fsp3) is 0.143. The summed E-state index contributed by atoms with van der Waals surface area (Å²) in [6.45, 7) is -2.95. The van der Waals surface area contributed by atoms with Gasteiger partial charge in [-0.15, -0.1) is 11.3 Å². The van der Waals surface area contributed by atoms with Gasteiger partial charge in [0.15, 0.2) is 17.3 Å². The smallest absolute Gasteiger partial charge is 0.387 e. The lowest BCUT2D eigenvalue weighted by atomic mass is 10.1. The lowest BCUT2D eigenvalue weighted by Crippen LogP contribution is -2.04. The molecule has 1 heterocycles. The summed E-state index contributed by atoms with van der Waals surface area (Å²) in [7, 11) is 1.31. The van der Waals surface area contributed by atoms with Crippen LogP contribution in [0.3, 0.4) is 0 Å². The third-order valence-electron chi connectivity index (χ3n) is 2.49. The standard InChI is InChI=1S/C14H11F2NO3S/c1-19-12-8-9(2-4-11(12)20-14(15)16)10(18)3-5-13-17-6-7-21-13/h2-8,14H,1H3/b5-3+. The molecule has 0 bridgehead atoms. The zero-order valence-corrected chi connectivity index (χ0v) is 11.8. The molecule has 0 saturated carbocycles. The van der Waals surface area contributed by atoms with Crippen molar-refractivity contribution in [2.45, 2.75) is 6.61 Å². The minimum Gasteiger partial charge on any atom is -0.493 e. The number of carbonyl (C=O) groups is 1. The van der Waals surface area contributed by atoms with Crippen molar-refractivity contribution >= 4 is 23.2 Å². The summed E-state index contributed by atoms with van der Waals surface area (Å²) in [5.41, 5.74) is 0.307. The van der Waals surface area contributed by atoms with E-state index in [1.165, 1.54) is 42.7 Å². The number of rotatable bonds is 6. The minimum atomic E-state index is -2.95. The van der Waals surface area contributed by atoms with E-state index in [0.29, 0.717) is 10.6 Å². The molecule has 0 radical (unpaired) electrons. The first-order valence-corrected chi connectivity index (χ1v) is 6.73. The van der Waals surface area contributed by atoms with Gasteiger partial charge in [-0.2, -0.15) is 8.78 Å². The number of ketones is 1. The Bertz CT molecular complexity index is 642. The van der Waals surface area contributed by atoms with Gasteiger partial charge in [-0.3, -0.25) is 4.79 Å². The van der Waals surface area contributed by atoms with Crippen molar-refractivity contribution in [2.75, 3.05) is 7.11 Å². The summed E-state index contributed by atoms with van der Waals surface area (Å²) in [6, 6.07) is 4.02. The fourth-order valence-electron chi connectivity index (χ4n) is 1.57. The minimum absolute atomic E-state index is 0.0730. The third-order valence-corrected chi connectivity index (χ3v) is 3.23. The van der Waals surface area contributed by atoms with Gasteiger partial charge in [-0.05, 0) is 30.4 Å². The van der Waals surface area contributed by atoms with Crippen LogP contribution in [0.15, 0.2) is 35.9 Å². The van der Waals surface area contributed by atoms with Gasteiger partial charge in [-0.1, -0.05) is 0 Å². The van der Waals surface area contributed by atoms with Crippen molar-refractivity contribution in [3.05, 3.63) is 46.4 Å². The van der Waals surface area contributed by atoms with Gasteiger partial charge < -0.3 is 9.47 Å². The van der Waals surface area contributed by atoms with E-state index in [-0.39, 0.29) is 17.3 Å². The second-order valence-corrected chi connectivity index (χ2v) is 4.74. The van der Waals surface area contributed by atoms with Gasteiger partial charge in [0.1, 0.15) is 5.01 Å². The summed E-state index contributed by atoms with van der Waals surface area (Å²) in [5.74, 6) is -0.330. The highest BCUT2D eigenvalue weighted by molar-refractivity contribution is 7.10. The van der Waals surface area contributed by atoms with E-state index in [1.807, 2.05) is 0 Å². The number of ether oxygens (including phenoxy) is 2. The average molecular weight is 311 g/mol. The highest BCUT2D eigenvalue weighted by Gasteiger charge is 2.13. The first-order valence-electron chi connectivity index (χ1n) is 5.85. The van der Waals surface area contributed by atoms with Gasteiger partial charge in [0.2, 0.25) is 0 Å². The van der Waals surface area contributed by atoms with Crippen molar-refractivity contribution in [1.29, 1.82) is 0 Å². The lowest BCUT2D eigenvalue weighted by molar-refractivity contribution is -0.0512. The second-order valence-electron chi connectivity index (χ2n) is 3.81. The zero-order chi connectivity index (χ0) is 15.2. The maximum absolute atomic E-state index is 12.2. The Morgan fingerprint density at radius 3 is 2.81 bits per heavy atom. The van der Waals surface area contributed by atoms with Crippen LogP contribution < -0.4 is 9.47 Å². The Balaban J connectivity index is 2.18.